The van der Waals surface area contributed by atoms with E-state index in [1.165, 1.54) is 53.8 Å². The molecule has 0 radical (unpaired) electrons. The van der Waals surface area contributed by atoms with E-state index in [0.717, 1.165) is 12.6 Å². The summed E-state index contributed by atoms with van der Waals surface area (Å²) in [5, 5.41) is 3.61. The molecule has 2 aromatic rings. The van der Waals surface area contributed by atoms with Gasteiger partial charge in [-0.15, -0.1) is 11.3 Å². The van der Waals surface area contributed by atoms with Gasteiger partial charge < -0.3 is 5.32 Å². The van der Waals surface area contributed by atoms with Crippen LogP contribution < -0.4 is 5.32 Å². The minimum Gasteiger partial charge on any atom is -0.309 e. The van der Waals surface area contributed by atoms with E-state index in [-0.39, 0.29) is 0 Å². The minimum absolute atomic E-state index is 0.796. The number of rotatable bonds is 4. The first-order valence-corrected chi connectivity index (χ1v) is 8.65. The highest BCUT2D eigenvalue weighted by molar-refractivity contribution is 7.15. The molecule has 2 heteroatoms. The number of aryl methyl sites for hydroxylation is 1. The second kappa shape index (κ2) is 5.34. The molecule has 0 spiro atoms. The zero-order valence-electron chi connectivity index (χ0n) is 11.8. The maximum absolute atomic E-state index is 3.61. The monoisotopic (exact) mass is 283 g/mol. The van der Waals surface area contributed by atoms with Gasteiger partial charge in [0, 0.05) is 22.3 Å². The highest BCUT2D eigenvalue weighted by atomic mass is 32.1. The highest BCUT2D eigenvalue weighted by Gasteiger charge is 2.20. The SMILES string of the molecule is c1cc2c(c(-c3ccc(CNC4CC4)s3)c1)CCCC2. The fourth-order valence-electron chi connectivity index (χ4n) is 3.16. The van der Waals surface area contributed by atoms with Crippen LogP contribution in [-0.2, 0) is 19.4 Å². The topological polar surface area (TPSA) is 12.0 Å². The van der Waals surface area contributed by atoms with Gasteiger partial charge >= 0.3 is 0 Å². The second-order valence-electron chi connectivity index (χ2n) is 6.07. The summed E-state index contributed by atoms with van der Waals surface area (Å²) in [5.74, 6) is 0. The van der Waals surface area contributed by atoms with Gasteiger partial charge in [0.2, 0.25) is 0 Å². The van der Waals surface area contributed by atoms with Crippen LogP contribution in [0.1, 0.15) is 41.7 Å². The molecule has 0 aliphatic heterocycles. The van der Waals surface area contributed by atoms with Crippen LogP contribution in [-0.4, -0.2) is 6.04 Å². The molecule has 0 atom stereocenters. The lowest BCUT2D eigenvalue weighted by Gasteiger charge is -2.18. The van der Waals surface area contributed by atoms with Gasteiger partial charge in [-0.25, -0.2) is 0 Å². The van der Waals surface area contributed by atoms with E-state index in [1.807, 2.05) is 11.3 Å². The molecule has 0 saturated heterocycles. The summed E-state index contributed by atoms with van der Waals surface area (Å²) in [7, 11) is 0. The van der Waals surface area contributed by atoms with Crippen molar-refractivity contribution in [2.45, 2.75) is 51.1 Å². The number of hydrogen-bond acceptors (Lipinski definition) is 2. The zero-order valence-corrected chi connectivity index (χ0v) is 12.6. The van der Waals surface area contributed by atoms with E-state index in [0.29, 0.717) is 0 Å². The number of benzene rings is 1. The molecule has 1 nitrogen and oxygen atoms in total. The lowest BCUT2D eigenvalue weighted by molar-refractivity contribution is 0.687. The number of nitrogens with one attached hydrogen (secondary N) is 1. The number of hydrogen-bond donors (Lipinski definition) is 1. The summed E-state index contributed by atoms with van der Waals surface area (Å²) < 4.78 is 0. The van der Waals surface area contributed by atoms with Gasteiger partial charge in [0.05, 0.1) is 0 Å². The average Bonchev–Trinajstić information content (AvgIpc) is 3.21. The first kappa shape index (κ1) is 12.6. The van der Waals surface area contributed by atoms with Crippen molar-refractivity contribution < 1.29 is 0 Å². The molecule has 1 heterocycles. The van der Waals surface area contributed by atoms with E-state index >= 15 is 0 Å². The Bertz CT molecular complexity index is 610. The summed E-state index contributed by atoms with van der Waals surface area (Å²) >= 11 is 1.97. The third-order valence-corrected chi connectivity index (χ3v) is 5.58. The molecule has 0 unspecified atom stereocenters. The van der Waals surface area contributed by atoms with Gasteiger partial charge in [0.15, 0.2) is 0 Å². The van der Waals surface area contributed by atoms with Crippen LogP contribution in [0, 0.1) is 0 Å². The largest absolute Gasteiger partial charge is 0.309 e. The van der Waals surface area contributed by atoms with Crippen LogP contribution in [0.5, 0.6) is 0 Å². The van der Waals surface area contributed by atoms with Crippen molar-refractivity contribution in [3.8, 4) is 10.4 Å². The smallest absolute Gasteiger partial charge is 0.0349 e. The van der Waals surface area contributed by atoms with Crippen LogP contribution in [0.3, 0.4) is 0 Å². The Morgan fingerprint density at radius 3 is 2.85 bits per heavy atom. The van der Waals surface area contributed by atoms with Crippen molar-refractivity contribution >= 4 is 11.3 Å². The lowest BCUT2D eigenvalue weighted by atomic mass is 9.88. The second-order valence-corrected chi connectivity index (χ2v) is 7.24. The van der Waals surface area contributed by atoms with Crippen molar-refractivity contribution in [2.75, 3.05) is 0 Å². The molecular weight excluding hydrogens is 262 g/mol. The van der Waals surface area contributed by atoms with Crippen molar-refractivity contribution in [3.63, 3.8) is 0 Å². The maximum Gasteiger partial charge on any atom is 0.0349 e. The molecule has 1 aromatic carbocycles. The summed E-state index contributed by atoms with van der Waals surface area (Å²) in [6, 6.07) is 12.3. The van der Waals surface area contributed by atoms with Gasteiger partial charge in [-0.3, -0.25) is 0 Å². The molecular formula is C18H21NS. The number of thiophene rings is 1. The summed E-state index contributed by atoms with van der Waals surface area (Å²) in [6.07, 6.45) is 7.97. The molecule has 0 amide bonds. The van der Waals surface area contributed by atoms with Crippen LogP contribution in [0.2, 0.25) is 0 Å². The summed E-state index contributed by atoms with van der Waals surface area (Å²) in [4.78, 5) is 2.93. The van der Waals surface area contributed by atoms with Crippen molar-refractivity contribution in [1.82, 2.24) is 5.32 Å². The van der Waals surface area contributed by atoms with Gasteiger partial charge in [0.25, 0.3) is 0 Å². The molecule has 4 rings (SSSR count). The third-order valence-electron chi connectivity index (χ3n) is 4.47. The first-order chi connectivity index (χ1) is 9.90. The average molecular weight is 283 g/mol. The molecule has 2 aliphatic carbocycles. The van der Waals surface area contributed by atoms with E-state index in [4.69, 9.17) is 0 Å². The Morgan fingerprint density at radius 1 is 1.05 bits per heavy atom. The number of fused-ring (bicyclic) bond motifs is 1. The fourth-order valence-corrected chi connectivity index (χ4v) is 4.17. The van der Waals surface area contributed by atoms with Crippen molar-refractivity contribution in [1.29, 1.82) is 0 Å². The molecule has 104 valence electrons. The zero-order chi connectivity index (χ0) is 13.4. The highest BCUT2D eigenvalue weighted by Crippen LogP contribution is 2.35. The molecule has 1 N–H and O–H groups in total. The maximum atomic E-state index is 3.61. The Morgan fingerprint density at radius 2 is 1.95 bits per heavy atom. The normalized spacial score (nSPS) is 18.0. The first-order valence-electron chi connectivity index (χ1n) is 7.83. The van der Waals surface area contributed by atoms with Gasteiger partial charge in [-0.1, -0.05) is 18.2 Å². The van der Waals surface area contributed by atoms with E-state index in [2.05, 4.69) is 35.6 Å². The van der Waals surface area contributed by atoms with Crippen molar-refractivity contribution in [2.24, 2.45) is 0 Å². The van der Waals surface area contributed by atoms with Crippen LogP contribution in [0.4, 0.5) is 0 Å². The van der Waals surface area contributed by atoms with Gasteiger partial charge in [-0.05, 0) is 67.3 Å². The van der Waals surface area contributed by atoms with E-state index < -0.39 is 0 Å². The quantitative estimate of drug-likeness (QED) is 0.868. The molecule has 20 heavy (non-hydrogen) atoms. The predicted octanol–water partition coefficient (Wildman–Crippen LogP) is 4.55. The van der Waals surface area contributed by atoms with Gasteiger partial charge in [0.1, 0.15) is 0 Å². The Hall–Kier alpha value is -1.12. The molecule has 2 aliphatic rings. The van der Waals surface area contributed by atoms with E-state index in [1.54, 1.807) is 11.1 Å². The lowest BCUT2D eigenvalue weighted by Crippen LogP contribution is -2.14. The third kappa shape index (κ3) is 2.55. The standard InChI is InChI=1S/C18H21NS/c1-2-6-16-13(4-1)5-3-7-17(16)18-11-10-15(20-18)12-19-14-8-9-14/h3,5,7,10-11,14,19H,1-2,4,6,8-9,12H2. The molecule has 1 saturated carbocycles. The molecule has 1 fully saturated rings. The summed E-state index contributed by atoms with van der Waals surface area (Å²) in [6.45, 7) is 1.05. The predicted molar refractivity (Wildman–Crippen MR) is 86.3 cm³/mol. The Balaban J connectivity index is 1.60. The van der Waals surface area contributed by atoms with Crippen LogP contribution in [0.25, 0.3) is 10.4 Å². The van der Waals surface area contributed by atoms with Crippen LogP contribution in [0.15, 0.2) is 30.3 Å². The molecule has 1 aromatic heterocycles. The summed E-state index contributed by atoms with van der Waals surface area (Å²) in [5.41, 5.74) is 4.69. The van der Waals surface area contributed by atoms with Crippen molar-refractivity contribution in [3.05, 3.63) is 46.3 Å². The van der Waals surface area contributed by atoms with Gasteiger partial charge in [-0.2, -0.15) is 0 Å². The fraction of sp³-hybridized carbons (Fsp3) is 0.444. The van der Waals surface area contributed by atoms with E-state index in [9.17, 15) is 0 Å². The Kier molecular flexibility index (Phi) is 3.37. The Labute approximate surface area is 125 Å². The van der Waals surface area contributed by atoms with Crippen LogP contribution >= 0.6 is 11.3 Å². The molecule has 0 bridgehead atoms. The minimum atomic E-state index is 0.796.